The van der Waals surface area contributed by atoms with Crippen molar-refractivity contribution in [1.29, 1.82) is 0 Å². The number of pyridine rings is 1. The fraction of sp³-hybridized carbons (Fsp3) is 0.600. The molecule has 1 aliphatic rings. The number of anilines is 2. The SMILES string of the molecule is CCCC(N)C(=O)Nc1ccc(N2CCN(C)CC2)cn1. The van der Waals surface area contributed by atoms with E-state index in [9.17, 15) is 4.79 Å². The number of piperazine rings is 1. The van der Waals surface area contributed by atoms with Gasteiger partial charge in [-0.3, -0.25) is 4.79 Å². The van der Waals surface area contributed by atoms with Gasteiger partial charge in [-0.1, -0.05) is 13.3 Å². The van der Waals surface area contributed by atoms with Gasteiger partial charge in [-0.05, 0) is 25.6 Å². The lowest BCUT2D eigenvalue weighted by Crippen LogP contribution is -2.44. The molecule has 1 atom stereocenters. The van der Waals surface area contributed by atoms with Crippen molar-refractivity contribution in [3.05, 3.63) is 18.3 Å². The summed E-state index contributed by atoms with van der Waals surface area (Å²) >= 11 is 0. The smallest absolute Gasteiger partial charge is 0.242 e. The van der Waals surface area contributed by atoms with Gasteiger partial charge in [0.1, 0.15) is 5.82 Å². The molecule has 3 N–H and O–H groups in total. The molecule has 116 valence electrons. The number of nitrogens with two attached hydrogens (primary N) is 1. The summed E-state index contributed by atoms with van der Waals surface area (Å²) < 4.78 is 0. The van der Waals surface area contributed by atoms with Gasteiger partial charge in [-0.2, -0.15) is 0 Å². The molecular weight excluding hydrogens is 266 g/mol. The van der Waals surface area contributed by atoms with Crippen LogP contribution in [0.2, 0.25) is 0 Å². The van der Waals surface area contributed by atoms with Gasteiger partial charge in [0.15, 0.2) is 0 Å². The fourth-order valence-electron chi connectivity index (χ4n) is 2.37. The van der Waals surface area contributed by atoms with E-state index in [4.69, 9.17) is 5.73 Å². The molecule has 2 heterocycles. The van der Waals surface area contributed by atoms with E-state index < -0.39 is 6.04 Å². The molecule has 6 heteroatoms. The predicted molar refractivity (Wildman–Crippen MR) is 85.5 cm³/mol. The Kier molecular flexibility index (Phi) is 5.52. The normalized spacial score (nSPS) is 17.6. The van der Waals surface area contributed by atoms with Crippen LogP contribution in [0.25, 0.3) is 0 Å². The lowest BCUT2D eigenvalue weighted by molar-refractivity contribution is -0.117. The molecule has 6 nitrogen and oxygen atoms in total. The summed E-state index contributed by atoms with van der Waals surface area (Å²) in [6, 6.07) is 3.37. The van der Waals surface area contributed by atoms with Gasteiger partial charge in [0.25, 0.3) is 0 Å². The van der Waals surface area contributed by atoms with Crippen LogP contribution in [0.5, 0.6) is 0 Å². The molecule has 2 rings (SSSR count). The van der Waals surface area contributed by atoms with E-state index in [1.165, 1.54) is 0 Å². The maximum atomic E-state index is 11.8. The Balaban J connectivity index is 1.91. The molecule has 0 aromatic carbocycles. The minimum Gasteiger partial charge on any atom is -0.368 e. The third-order valence-electron chi connectivity index (χ3n) is 3.80. The molecule has 1 saturated heterocycles. The molecule has 1 amide bonds. The van der Waals surface area contributed by atoms with E-state index in [0.29, 0.717) is 12.2 Å². The zero-order valence-electron chi connectivity index (χ0n) is 12.9. The third kappa shape index (κ3) is 4.41. The summed E-state index contributed by atoms with van der Waals surface area (Å²) in [5, 5.41) is 2.76. The Morgan fingerprint density at radius 3 is 2.67 bits per heavy atom. The van der Waals surface area contributed by atoms with Crippen LogP contribution in [0.3, 0.4) is 0 Å². The van der Waals surface area contributed by atoms with E-state index in [1.807, 2.05) is 25.3 Å². The number of likely N-dealkylation sites (N-methyl/N-ethyl adjacent to an activating group) is 1. The van der Waals surface area contributed by atoms with Gasteiger partial charge in [0.2, 0.25) is 5.91 Å². The summed E-state index contributed by atoms with van der Waals surface area (Å²) in [6.45, 7) is 6.14. The minimum atomic E-state index is -0.464. The van der Waals surface area contributed by atoms with E-state index in [0.717, 1.165) is 38.3 Å². The number of amides is 1. The predicted octanol–water partition coefficient (Wildman–Crippen LogP) is 0.899. The Morgan fingerprint density at radius 2 is 2.10 bits per heavy atom. The second kappa shape index (κ2) is 7.38. The van der Waals surface area contributed by atoms with Crippen molar-refractivity contribution in [2.24, 2.45) is 5.73 Å². The third-order valence-corrected chi connectivity index (χ3v) is 3.80. The molecule has 1 unspecified atom stereocenters. The van der Waals surface area contributed by atoms with Gasteiger partial charge >= 0.3 is 0 Å². The maximum absolute atomic E-state index is 11.8. The second-order valence-corrected chi connectivity index (χ2v) is 5.58. The largest absolute Gasteiger partial charge is 0.368 e. The van der Waals surface area contributed by atoms with Crippen molar-refractivity contribution >= 4 is 17.4 Å². The first-order chi connectivity index (χ1) is 10.1. The zero-order valence-corrected chi connectivity index (χ0v) is 12.9. The van der Waals surface area contributed by atoms with Gasteiger partial charge < -0.3 is 20.9 Å². The second-order valence-electron chi connectivity index (χ2n) is 5.58. The van der Waals surface area contributed by atoms with Crippen LogP contribution in [-0.2, 0) is 4.79 Å². The Hall–Kier alpha value is -1.66. The summed E-state index contributed by atoms with van der Waals surface area (Å²) in [6.07, 6.45) is 3.39. The lowest BCUT2D eigenvalue weighted by Gasteiger charge is -2.33. The quantitative estimate of drug-likeness (QED) is 0.843. The molecule has 1 aromatic rings. The van der Waals surface area contributed by atoms with Gasteiger partial charge in [0, 0.05) is 26.2 Å². The van der Waals surface area contributed by atoms with Crippen LogP contribution in [0, 0.1) is 0 Å². The summed E-state index contributed by atoms with van der Waals surface area (Å²) in [4.78, 5) is 20.8. The van der Waals surface area contributed by atoms with Crippen molar-refractivity contribution in [2.45, 2.75) is 25.8 Å². The topological polar surface area (TPSA) is 74.5 Å². The average molecular weight is 291 g/mol. The number of carbonyl (C=O) groups is 1. The number of hydrogen-bond donors (Lipinski definition) is 2. The van der Waals surface area contributed by atoms with E-state index in [1.54, 1.807) is 0 Å². The fourth-order valence-corrected chi connectivity index (χ4v) is 2.37. The van der Waals surface area contributed by atoms with Gasteiger partial charge in [-0.25, -0.2) is 4.98 Å². The molecule has 1 fully saturated rings. The Bertz CT molecular complexity index is 454. The number of nitrogens with zero attached hydrogens (tertiary/aromatic N) is 3. The highest BCUT2D eigenvalue weighted by molar-refractivity contribution is 5.93. The van der Waals surface area contributed by atoms with Gasteiger partial charge in [-0.15, -0.1) is 0 Å². The molecule has 0 saturated carbocycles. The number of nitrogens with one attached hydrogen (secondary N) is 1. The van der Waals surface area contributed by atoms with Crippen molar-refractivity contribution in [1.82, 2.24) is 9.88 Å². The number of rotatable bonds is 5. The van der Waals surface area contributed by atoms with Crippen molar-refractivity contribution in [3.63, 3.8) is 0 Å². The van der Waals surface area contributed by atoms with E-state index in [2.05, 4.69) is 27.1 Å². The molecule has 0 aliphatic carbocycles. The molecule has 0 bridgehead atoms. The number of aromatic nitrogens is 1. The van der Waals surface area contributed by atoms with E-state index >= 15 is 0 Å². The summed E-state index contributed by atoms with van der Waals surface area (Å²) in [5.74, 6) is 0.390. The first kappa shape index (κ1) is 15.7. The van der Waals surface area contributed by atoms with Crippen LogP contribution >= 0.6 is 0 Å². The lowest BCUT2D eigenvalue weighted by atomic mass is 10.2. The summed E-state index contributed by atoms with van der Waals surface area (Å²) in [5.41, 5.74) is 6.88. The Labute approximate surface area is 126 Å². The molecular formula is C15H25N5O. The van der Waals surface area contributed by atoms with Crippen LogP contribution in [0.4, 0.5) is 11.5 Å². The highest BCUT2D eigenvalue weighted by atomic mass is 16.2. The zero-order chi connectivity index (χ0) is 15.2. The van der Waals surface area contributed by atoms with Gasteiger partial charge in [0.05, 0.1) is 17.9 Å². The van der Waals surface area contributed by atoms with Crippen molar-refractivity contribution in [3.8, 4) is 0 Å². The molecule has 21 heavy (non-hydrogen) atoms. The van der Waals surface area contributed by atoms with Crippen LogP contribution in [0.1, 0.15) is 19.8 Å². The van der Waals surface area contributed by atoms with Crippen LogP contribution in [-0.4, -0.2) is 55.1 Å². The first-order valence-electron chi connectivity index (χ1n) is 7.56. The monoisotopic (exact) mass is 291 g/mol. The number of carbonyl (C=O) groups excluding carboxylic acids is 1. The highest BCUT2D eigenvalue weighted by Crippen LogP contribution is 2.17. The Morgan fingerprint density at radius 1 is 1.38 bits per heavy atom. The maximum Gasteiger partial charge on any atom is 0.242 e. The van der Waals surface area contributed by atoms with Crippen molar-refractivity contribution < 1.29 is 4.79 Å². The van der Waals surface area contributed by atoms with Crippen LogP contribution in [0.15, 0.2) is 18.3 Å². The number of hydrogen-bond acceptors (Lipinski definition) is 5. The molecule has 1 aliphatic heterocycles. The summed E-state index contributed by atoms with van der Waals surface area (Å²) in [7, 11) is 2.13. The molecule has 1 aromatic heterocycles. The van der Waals surface area contributed by atoms with E-state index in [-0.39, 0.29) is 5.91 Å². The average Bonchev–Trinajstić information content (AvgIpc) is 2.49. The molecule has 0 spiro atoms. The highest BCUT2D eigenvalue weighted by Gasteiger charge is 2.15. The minimum absolute atomic E-state index is 0.170. The standard InChI is InChI=1S/C15H25N5O/c1-3-4-13(16)15(21)18-14-6-5-12(11-17-14)20-9-7-19(2)8-10-20/h5-6,11,13H,3-4,7-10,16H2,1-2H3,(H,17,18,21). The van der Waals surface area contributed by atoms with Crippen molar-refractivity contribution in [2.75, 3.05) is 43.4 Å². The molecule has 0 radical (unpaired) electrons. The first-order valence-corrected chi connectivity index (χ1v) is 7.56. The van der Waals surface area contributed by atoms with Crippen LogP contribution < -0.4 is 16.0 Å².